The van der Waals surface area contributed by atoms with Crippen LogP contribution >= 0.6 is 11.3 Å². The van der Waals surface area contributed by atoms with E-state index in [2.05, 4.69) is 10.3 Å². The molecule has 1 unspecified atom stereocenters. The molecule has 1 aromatic carbocycles. The summed E-state index contributed by atoms with van der Waals surface area (Å²) in [6.07, 6.45) is 0. The van der Waals surface area contributed by atoms with Crippen molar-refractivity contribution >= 4 is 44.0 Å². The molecule has 0 aliphatic carbocycles. The number of rotatable bonds is 3. The Morgan fingerprint density at radius 3 is 2.50 bits per heavy atom. The number of carbonyl (C=O) groups excluding carboxylic acids is 2. The van der Waals surface area contributed by atoms with Crippen LogP contribution < -0.4 is 9.62 Å². The lowest BCUT2D eigenvalue weighted by Crippen LogP contribution is -2.30. The van der Waals surface area contributed by atoms with Gasteiger partial charge < -0.3 is 0 Å². The Hall–Kier alpha value is -2.26. The van der Waals surface area contributed by atoms with E-state index < -0.39 is 21.8 Å². The number of nitrogens with one attached hydrogen (secondary N) is 1. The van der Waals surface area contributed by atoms with Crippen molar-refractivity contribution in [3.8, 4) is 0 Å². The maximum Gasteiger partial charge on any atom is 0.257 e. The van der Waals surface area contributed by atoms with Gasteiger partial charge in [-0.2, -0.15) is 0 Å². The fourth-order valence-corrected chi connectivity index (χ4v) is 4.92. The summed E-state index contributed by atoms with van der Waals surface area (Å²) in [7, 11) is -3.64. The SMILES string of the molecule is Cc1csc(NC(=O)c2ccc(N3C(=O)C(C)CS3(=O)=O)cc2)n1. The molecule has 1 aromatic heterocycles. The molecule has 0 saturated carbocycles. The molecule has 9 heteroatoms. The molecule has 1 atom stereocenters. The first-order valence-corrected chi connectivity index (χ1v) is 9.67. The van der Waals surface area contributed by atoms with E-state index in [1.54, 1.807) is 6.92 Å². The zero-order valence-corrected chi connectivity index (χ0v) is 14.6. The number of thiazole rings is 1. The van der Waals surface area contributed by atoms with Crippen molar-refractivity contribution in [2.24, 2.45) is 5.92 Å². The summed E-state index contributed by atoms with van der Waals surface area (Å²) < 4.78 is 24.9. The maximum absolute atomic E-state index is 12.2. The van der Waals surface area contributed by atoms with E-state index in [0.717, 1.165) is 10.00 Å². The molecular weight excluding hydrogens is 350 g/mol. The van der Waals surface area contributed by atoms with Crippen molar-refractivity contribution in [1.82, 2.24) is 4.98 Å². The molecule has 0 spiro atoms. The number of benzene rings is 1. The number of aryl methyl sites for hydroxylation is 1. The summed E-state index contributed by atoms with van der Waals surface area (Å²) in [6, 6.07) is 5.87. The van der Waals surface area contributed by atoms with Gasteiger partial charge in [-0.25, -0.2) is 17.7 Å². The molecular formula is C15H15N3O4S2. The topological polar surface area (TPSA) is 96.4 Å². The minimum Gasteiger partial charge on any atom is -0.298 e. The van der Waals surface area contributed by atoms with Gasteiger partial charge in [0.05, 0.1) is 23.1 Å². The highest BCUT2D eigenvalue weighted by Gasteiger charge is 2.41. The minimum atomic E-state index is -3.64. The second-order valence-electron chi connectivity index (χ2n) is 5.58. The van der Waals surface area contributed by atoms with Gasteiger partial charge in [-0.05, 0) is 31.2 Å². The predicted molar refractivity (Wildman–Crippen MR) is 91.7 cm³/mol. The monoisotopic (exact) mass is 365 g/mol. The van der Waals surface area contributed by atoms with Gasteiger partial charge in [0, 0.05) is 10.9 Å². The second-order valence-corrected chi connectivity index (χ2v) is 8.30. The number of sulfonamides is 1. The Labute approximate surface area is 143 Å². The van der Waals surface area contributed by atoms with E-state index in [4.69, 9.17) is 0 Å². The van der Waals surface area contributed by atoms with Gasteiger partial charge in [-0.15, -0.1) is 11.3 Å². The molecule has 1 N–H and O–H groups in total. The lowest BCUT2D eigenvalue weighted by Gasteiger charge is -2.15. The Morgan fingerprint density at radius 1 is 1.33 bits per heavy atom. The lowest BCUT2D eigenvalue weighted by molar-refractivity contribution is -0.119. The number of hydrogen-bond donors (Lipinski definition) is 1. The Kier molecular flexibility index (Phi) is 4.14. The maximum atomic E-state index is 12.2. The molecule has 1 aliphatic rings. The summed E-state index contributed by atoms with van der Waals surface area (Å²) >= 11 is 1.32. The van der Waals surface area contributed by atoms with Gasteiger partial charge >= 0.3 is 0 Å². The molecule has 3 rings (SSSR count). The van der Waals surface area contributed by atoms with Crippen LogP contribution in [0, 0.1) is 12.8 Å². The average molecular weight is 365 g/mol. The Balaban J connectivity index is 1.81. The van der Waals surface area contributed by atoms with Crippen molar-refractivity contribution in [2.75, 3.05) is 15.4 Å². The van der Waals surface area contributed by atoms with Crippen LogP contribution in [0.3, 0.4) is 0 Å². The van der Waals surface area contributed by atoms with E-state index in [1.807, 2.05) is 12.3 Å². The molecule has 1 saturated heterocycles. The highest BCUT2D eigenvalue weighted by atomic mass is 32.2. The summed E-state index contributed by atoms with van der Waals surface area (Å²) in [4.78, 5) is 28.3. The second kappa shape index (κ2) is 5.99. The fraction of sp³-hybridized carbons (Fsp3) is 0.267. The number of carbonyl (C=O) groups is 2. The third kappa shape index (κ3) is 3.04. The molecule has 0 bridgehead atoms. The zero-order valence-electron chi connectivity index (χ0n) is 13.0. The van der Waals surface area contributed by atoms with Crippen LogP contribution in [-0.2, 0) is 14.8 Å². The highest BCUT2D eigenvalue weighted by molar-refractivity contribution is 7.94. The summed E-state index contributed by atoms with van der Waals surface area (Å²) in [5.41, 5.74) is 1.41. The van der Waals surface area contributed by atoms with Crippen molar-refractivity contribution < 1.29 is 18.0 Å². The smallest absolute Gasteiger partial charge is 0.257 e. The zero-order chi connectivity index (χ0) is 17.5. The van der Waals surface area contributed by atoms with Crippen LogP contribution in [0.4, 0.5) is 10.8 Å². The molecule has 7 nitrogen and oxygen atoms in total. The number of aromatic nitrogens is 1. The third-order valence-electron chi connectivity index (χ3n) is 3.56. The van der Waals surface area contributed by atoms with Crippen LogP contribution in [0.2, 0.25) is 0 Å². The lowest BCUT2D eigenvalue weighted by atomic mass is 10.1. The Bertz CT molecular complexity index is 903. The largest absolute Gasteiger partial charge is 0.298 e. The van der Waals surface area contributed by atoms with Crippen LogP contribution in [-0.4, -0.2) is 31.0 Å². The van der Waals surface area contributed by atoms with E-state index in [9.17, 15) is 18.0 Å². The molecule has 2 heterocycles. The number of amides is 2. The van der Waals surface area contributed by atoms with Gasteiger partial charge in [0.25, 0.3) is 5.91 Å². The normalized spacial score (nSPS) is 19.5. The summed E-state index contributed by atoms with van der Waals surface area (Å²) in [5, 5.41) is 4.99. The van der Waals surface area contributed by atoms with Gasteiger partial charge in [0.15, 0.2) is 5.13 Å². The quantitative estimate of drug-likeness (QED) is 0.897. The molecule has 2 aromatic rings. The van der Waals surface area contributed by atoms with Crippen LogP contribution in [0.1, 0.15) is 23.0 Å². The van der Waals surface area contributed by atoms with Crippen molar-refractivity contribution in [3.63, 3.8) is 0 Å². The fourth-order valence-electron chi connectivity index (χ4n) is 2.42. The van der Waals surface area contributed by atoms with Crippen LogP contribution in [0.15, 0.2) is 29.6 Å². The van der Waals surface area contributed by atoms with Crippen LogP contribution in [0.5, 0.6) is 0 Å². The summed E-state index contributed by atoms with van der Waals surface area (Å²) in [6.45, 7) is 3.41. The van der Waals surface area contributed by atoms with Gasteiger partial charge in [-0.1, -0.05) is 6.92 Å². The molecule has 24 heavy (non-hydrogen) atoms. The molecule has 126 valence electrons. The molecule has 1 fully saturated rings. The van der Waals surface area contributed by atoms with Gasteiger partial charge in [-0.3, -0.25) is 14.9 Å². The van der Waals surface area contributed by atoms with E-state index in [1.165, 1.54) is 35.6 Å². The number of hydrogen-bond acceptors (Lipinski definition) is 6. The van der Waals surface area contributed by atoms with Crippen molar-refractivity contribution in [1.29, 1.82) is 0 Å². The average Bonchev–Trinajstić information content (AvgIpc) is 3.00. The highest BCUT2D eigenvalue weighted by Crippen LogP contribution is 2.28. The minimum absolute atomic E-state index is 0.197. The number of nitrogens with zero attached hydrogens (tertiary/aromatic N) is 2. The molecule has 2 amide bonds. The van der Waals surface area contributed by atoms with E-state index in [0.29, 0.717) is 10.7 Å². The predicted octanol–water partition coefficient (Wildman–Crippen LogP) is 2.02. The molecule has 0 radical (unpaired) electrons. The van der Waals surface area contributed by atoms with E-state index in [-0.39, 0.29) is 17.3 Å². The van der Waals surface area contributed by atoms with Gasteiger partial charge in [0.1, 0.15) is 0 Å². The first kappa shape index (κ1) is 16.6. The number of anilines is 2. The summed E-state index contributed by atoms with van der Waals surface area (Å²) in [5.74, 6) is -1.56. The van der Waals surface area contributed by atoms with Crippen LogP contribution in [0.25, 0.3) is 0 Å². The third-order valence-corrected chi connectivity index (χ3v) is 6.31. The Morgan fingerprint density at radius 2 is 2.00 bits per heavy atom. The first-order chi connectivity index (χ1) is 11.3. The first-order valence-electron chi connectivity index (χ1n) is 7.18. The van der Waals surface area contributed by atoms with Gasteiger partial charge in [0.2, 0.25) is 15.9 Å². The standard InChI is InChI=1S/C15H15N3O4S2/c1-9-8-24(21,22)18(14(9)20)12-5-3-11(4-6-12)13(19)17-15-16-10(2)7-23-15/h3-7,9H,8H2,1-2H3,(H,16,17,19). The van der Waals surface area contributed by atoms with Crippen molar-refractivity contribution in [3.05, 3.63) is 40.9 Å². The van der Waals surface area contributed by atoms with E-state index >= 15 is 0 Å². The van der Waals surface area contributed by atoms with Crippen molar-refractivity contribution in [2.45, 2.75) is 13.8 Å². The molecule has 1 aliphatic heterocycles.